The first-order valence-corrected chi connectivity index (χ1v) is 10.8. The minimum absolute atomic E-state index is 0.507. The lowest BCUT2D eigenvalue weighted by Gasteiger charge is -2.26. The Morgan fingerprint density at radius 1 is 0.800 bits per heavy atom. The standard InChI is InChI=1S/C24H38O/c1-3-5-20-25-24-18-16-23(17-19-24)11-9-7-6-8-10-22-14-12-21(4-2)13-15-22/h8-11,21-24H,3-5,12-20H2,1-2H3/b10-8+,11-9+/t21-,22-,23-,24-. The predicted molar refractivity (Wildman–Crippen MR) is 108 cm³/mol. The van der Waals surface area contributed by atoms with Crippen molar-refractivity contribution in [1.29, 1.82) is 0 Å². The average molecular weight is 343 g/mol. The zero-order valence-corrected chi connectivity index (χ0v) is 16.5. The fourth-order valence-corrected chi connectivity index (χ4v) is 4.10. The topological polar surface area (TPSA) is 9.23 Å². The van der Waals surface area contributed by atoms with E-state index in [9.17, 15) is 0 Å². The minimum Gasteiger partial charge on any atom is -0.378 e. The summed E-state index contributed by atoms with van der Waals surface area (Å²) in [6, 6.07) is 0. The van der Waals surface area contributed by atoms with Crippen molar-refractivity contribution in [2.75, 3.05) is 6.61 Å². The fourth-order valence-electron chi connectivity index (χ4n) is 4.10. The van der Waals surface area contributed by atoms with Gasteiger partial charge in [-0.1, -0.05) is 50.7 Å². The highest BCUT2D eigenvalue weighted by atomic mass is 16.5. The van der Waals surface area contributed by atoms with Crippen LogP contribution in [0.15, 0.2) is 24.3 Å². The van der Waals surface area contributed by atoms with Crippen LogP contribution in [0.4, 0.5) is 0 Å². The van der Waals surface area contributed by atoms with Crippen molar-refractivity contribution in [3.05, 3.63) is 24.3 Å². The lowest BCUT2D eigenvalue weighted by atomic mass is 9.81. The zero-order valence-electron chi connectivity index (χ0n) is 16.5. The SMILES string of the molecule is CCCCO[C@H]1CC[C@H](/C=C/C#C/C=C/[C@H]2CC[C@H](CC)CC2)CC1. The van der Waals surface area contributed by atoms with Gasteiger partial charge in [-0.2, -0.15) is 0 Å². The molecular weight excluding hydrogens is 304 g/mol. The molecule has 0 aromatic heterocycles. The van der Waals surface area contributed by atoms with Gasteiger partial charge in [-0.05, 0) is 87.7 Å². The Kier molecular flexibility index (Phi) is 10.1. The first kappa shape index (κ1) is 20.3. The van der Waals surface area contributed by atoms with E-state index < -0.39 is 0 Å². The second-order valence-corrected chi connectivity index (χ2v) is 7.96. The van der Waals surface area contributed by atoms with Crippen LogP contribution in [0, 0.1) is 29.6 Å². The third-order valence-corrected chi connectivity index (χ3v) is 6.03. The highest BCUT2D eigenvalue weighted by molar-refractivity contribution is 5.24. The number of ether oxygens (including phenoxy) is 1. The lowest BCUT2D eigenvalue weighted by molar-refractivity contribution is 0.0209. The summed E-state index contributed by atoms with van der Waals surface area (Å²) in [6.07, 6.45) is 23.6. The van der Waals surface area contributed by atoms with Crippen LogP contribution in [0.5, 0.6) is 0 Å². The van der Waals surface area contributed by atoms with Gasteiger partial charge in [0.05, 0.1) is 6.10 Å². The van der Waals surface area contributed by atoms with Crippen molar-refractivity contribution in [3.63, 3.8) is 0 Å². The molecule has 0 N–H and O–H groups in total. The monoisotopic (exact) mass is 342 g/mol. The molecule has 2 rings (SSSR count). The van der Waals surface area contributed by atoms with Gasteiger partial charge in [-0.15, -0.1) is 0 Å². The van der Waals surface area contributed by atoms with Crippen molar-refractivity contribution >= 4 is 0 Å². The van der Waals surface area contributed by atoms with Crippen LogP contribution in [0.1, 0.15) is 84.5 Å². The molecule has 140 valence electrons. The van der Waals surface area contributed by atoms with Crippen LogP contribution in [0.25, 0.3) is 0 Å². The van der Waals surface area contributed by atoms with E-state index in [1.165, 1.54) is 70.6 Å². The van der Waals surface area contributed by atoms with Crippen LogP contribution in [-0.2, 0) is 4.74 Å². The highest BCUT2D eigenvalue weighted by Crippen LogP contribution is 2.31. The van der Waals surface area contributed by atoms with E-state index in [0.29, 0.717) is 12.0 Å². The van der Waals surface area contributed by atoms with Crippen molar-refractivity contribution in [2.45, 2.75) is 90.6 Å². The Morgan fingerprint density at radius 3 is 1.88 bits per heavy atom. The summed E-state index contributed by atoms with van der Waals surface area (Å²) in [7, 11) is 0. The number of hydrogen-bond acceptors (Lipinski definition) is 1. The van der Waals surface area contributed by atoms with Gasteiger partial charge in [-0.3, -0.25) is 0 Å². The summed E-state index contributed by atoms with van der Waals surface area (Å²) < 4.78 is 5.94. The minimum atomic E-state index is 0.507. The van der Waals surface area contributed by atoms with E-state index >= 15 is 0 Å². The van der Waals surface area contributed by atoms with Gasteiger partial charge < -0.3 is 4.74 Å². The molecule has 0 bridgehead atoms. The van der Waals surface area contributed by atoms with E-state index in [1.54, 1.807) is 0 Å². The molecule has 0 heterocycles. The molecule has 0 aromatic carbocycles. The smallest absolute Gasteiger partial charge is 0.0575 e. The Labute approximate surface area is 156 Å². The Hall–Kier alpha value is -1.00. The van der Waals surface area contributed by atoms with Gasteiger partial charge in [0, 0.05) is 6.61 Å². The molecular formula is C24H38O. The quantitative estimate of drug-likeness (QED) is 0.370. The first-order chi connectivity index (χ1) is 12.3. The van der Waals surface area contributed by atoms with Crippen LogP contribution in [0.3, 0.4) is 0 Å². The van der Waals surface area contributed by atoms with Gasteiger partial charge >= 0.3 is 0 Å². The number of hydrogen-bond donors (Lipinski definition) is 0. The van der Waals surface area contributed by atoms with Gasteiger partial charge in [0.1, 0.15) is 0 Å². The molecule has 1 nitrogen and oxygen atoms in total. The molecule has 2 saturated carbocycles. The molecule has 0 atom stereocenters. The molecule has 2 aliphatic rings. The molecule has 0 radical (unpaired) electrons. The van der Waals surface area contributed by atoms with Crippen molar-refractivity contribution in [2.24, 2.45) is 17.8 Å². The van der Waals surface area contributed by atoms with Crippen molar-refractivity contribution < 1.29 is 4.74 Å². The van der Waals surface area contributed by atoms with Crippen LogP contribution < -0.4 is 0 Å². The summed E-state index contributed by atoms with van der Waals surface area (Å²) in [5, 5.41) is 0. The number of rotatable bonds is 7. The van der Waals surface area contributed by atoms with Crippen molar-refractivity contribution in [1.82, 2.24) is 0 Å². The normalized spacial score (nSPS) is 30.5. The second-order valence-electron chi connectivity index (χ2n) is 7.96. The summed E-state index contributed by atoms with van der Waals surface area (Å²) in [5.74, 6) is 8.84. The van der Waals surface area contributed by atoms with Crippen LogP contribution in [-0.4, -0.2) is 12.7 Å². The molecule has 25 heavy (non-hydrogen) atoms. The fraction of sp³-hybridized carbons (Fsp3) is 0.750. The zero-order chi connectivity index (χ0) is 17.7. The third-order valence-electron chi connectivity index (χ3n) is 6.03. The molecule has 1 heteroatoms. The predicted octanol–water partition coefficient (Wildman–Crippen LogP) is 6.69. The third kappa shape index (κ3) is 8.28. The van der Waals surface area contributed by atoms with E-state index in [-0.39, 0.29) is 0 Å². The molecule has 0 aromatic rings. The largest absolute Gasteiger partial charge is 0.378 e. The van der Waals surface area contributed by atoms with E-state index in [1.807, 2.05) is 0 Å². The summed E-state index contributed by atoms with van der Waals surface area (Å²) in [5.41, 5.74) is 0. The highest BCUT2D eigenvalue weighted by Gasteiger charge is 2.19. The van der Waals surface area contributed by atoms with E-state index in [2.05, 4.69) is 50.0 Å². The summed E-state index contributed by atoms with van der Waals surface area (Å²) in [4.78, 5) is 0. The first-order valence-electron chi connectivity index (χ1n) is 10.8. The maximum absolute atomic E-state index is 5.94. The molecule has 2 aliphatic carbocycles. The molecule has 0 saturated heterocycles. The van der Waals surface area contributed by atoms with Gasteiger partial charge in [0.2, 0.25) is 0 Å². The van der Waals surface area contributed by atoms with Crippen LogP contribution in [0.2, 0.25) is 0 Å². The molecule has 0 amide bonds. The Morgan fingerprint density at radius 2 is 1.36 bits per heavy atom. The number of allylic oxidation sites excluding steroid dienone is 4. The second kappa shape index (κ2) is 12.4. The molecule has 0 unspecified atom stereocenters. The van der Waals surface area contributed by atoms with Gasteiger partial charge in [-0.25, -0.2) is 0 Å². The Bertz CT molecular complexity index is 448. The molecule has 0 spiro atoms. The van der Waals surface area contributed by atoms with E-state index in [0.717, 1.165) is 18.4 Å². The summed E-state index contributed by atoms with van der Waals surface area (Å²) in [6.45, 7) is 5.49. The van der Waals surface area contributed by atoms with Gasteiger partial charge in [0.15, 0.2) is 0 Å². The van der Waals surface area contributed by atoms with Crippen LogP contribution >= 0.6 is 0 Å². The van der Waals surface area contributed by atoms with Crippen molar-refractivity contribution in [3.8, 4) is 11.8 Å². The summed E-state index contributed by atoms with van der Waals surface area (Å²) >= 11 is 0. The maximum atomic E-state index is 5.94. The molecule has 2 fully saturated rings. The Balaban J connectivity index is 1.59. The molecule has 0 aliphatic heterocycles. The van der Waals surface area contributed by atoms with Gasteiger partial charge in [0.25, 0.3) is 0 Å². The maximum Gasteiger partial charge on any atom is 0.0575 e. The number of unbranched alkanes of at least 4 members (excludes halogenated alkanes) is 1. The average Bonchev–Trinajstić information content (AvgIpc) is 2.66. The lowest BCUT2D eigenvalue weighted by Crippen LogP contribution is -2.21. The van der Waals surface area contributed by atoms with E-state index in [4.69, 9.17) is 4.74 Å².